The Morgan fingerprint density at radius 2 is 1.62 bits per heavy atom. The number of benzene rings is 3. The molecule has 9 nitrogen and oxygen atoms in total. The van der Waals surface area contributed by atoms with Crippen molar-refractivity contribution in [3.8, 4) is 17.4 Å². The fraction of sp³-hybridized carbons (Fsp3) is 0.303. The lowest BCUT2D eigenvalue weighted by molar-refractivity contribution is 0.101. The second-order valence-corrected chi connectivity index (χ2v) is 10.6. The monoisotopic (exact) mass is 566 g/mol. The molecule has 1 saturated heterocycles. The van der Waals surface area contributed by atoms with Crippen LogP contribution < -0.4 is 24.8 Å². The van der Waals surface area contributed by atoms with E-state index in [1.54, 1.807) is 36.4 Å². The quantitative estimate of drug-likeness (QED) is 0.251. The number of hydrogen-bond acceptors (Lipinski definition) is 7. The third-order valence-electron chi connectivity index (χ3n) is 7.54. The molecule has 2 aliphatic heterocycles. The first-order valence-corrected chi connectivity index (χ1v) is 14.4. The third-order valence-corrected chi connectivity index (χ3v) is 7.54. The molecule has 2 aliphatic rings. The maximum Gasteiger partial charge on any atom is 0.255 e. The van der Waals surface area contributed by atoms with Crippen molar-refractivity contribution in [1.29, 1.82) is 0 Å². The molecule has 216 valence electrons. The Labute approximate surface area is 244 Å². The van der Waals surface area contributed by atoms with Crippen LogP contribution in [-0.2, 0) is 0 Å². The first-order chi connectivity index (χ1) is 20.5. The zero-order valence-corrected chi connectivity index (χ0v) is 23.7. The van der Waals surface area contributed by atoms with Gasteiger partial charge >= 0.3 is 0 Å². The number of rotatable bonds is 9. The van der Waals surface area contributed by atoms with E-state index >= 15 is 0 Å². The number of fused-ring (bicyclic) bond motifs is 2. The molecule has 2 N–H and O–H groups in total. The fourth-order valence-corrected chi connectivity index (χ4v) is 5.22. The van der Waals surface area contributed by atoms with E-state index in [1.165, 1.54) is 25.9 Å². The Bertz CT molecular complexity index is 1620. The van der Waals surface area contributed by atoms with Crippen molar-refractivity contribution in [2.45, 2.75) is 26.2 Å². The van der Waals surface area contributed by atoms with Gasteiger partial charge in [0, 0.05) is 40.5 Å². The average Bonchev–Trinajstić information content (AvgIpc) is 3.54. The number of likely N-dealkylation sites (tertiary alicyclic amines) is 1. The number of aryl methyl sites for hydroxylation is 1. The van der Waals surface area contributed by atoms with Crippen molar-refractivity contribution in [3.63, 3.8) is 0 Å². The number of amides is 2. The van der Waals surface area contributed by atoms with Crippen LogP contribution in [0, 0.1) is 6.92 Å². The maximum absolute atomic E-state index is 13.2. The van der Waals surface area contributed by atoms with Gasteiger partial charge in [-0.3, -0.25) is 9.59 Å². The van der Waals surface area contributed by atoms with Gasteiger partial charge in [-0.15, -0.1) is 0 Å². The van der Waals surface area contributed by atoms with Crippen LogP contribution in [0.1, 0.15) is 45.5 Å². The number of ether oxygens (including phenoxy) is 3. The zero-order chi connectivity index (χ0) is 28.9. The normalized spacial score (nSPS) is 14.5. The molecule has 0 atom stereocenters. The van der Waals surface area contributed by atoms with Crippen molar-refractivity contribution < 1.29 is 23.8 Å². The van der Waals surface area contributed by atoms with Crippen LogP contribution in [0.3, 0.4) is 0 Å². The van der Waals surface area contributed by atoms with Gasteiger partial charge in [0.15, 0.2) is 11.5 Å². The second-order valence-electron chi connectivity index (χ2n) is 10.6. The molecular formula is C33H34N4O5. The molecule has 9 heteroatoms. The Hall–Kier alpha value is -4.63. The summed E-state index contributed by atoms with van der Waals surface area (Å²) < 4.78 is 17.0. The van der Waals surface area contributed by atoms with Gasteiger partial charge < -0.3 is 29.7 Å². The van der Waals surface area contributed by atoms with Gasteiger partial charge in [-0.1, -0.05) is 6.07 Å². The highest BCUT2D eigenvalue weighted by atomic mass is 16.6. The van der Waals surface area contributed by atoms with Crippen LogP contribution in [0.25, 0.3) is 10.9 Å². The van der Waals surface area contributed by atoms with Crippen molar-refractivity contribution >= 4 is 34.1 Å². The highest BCUT2D eigenvalue weighted by Gasteiger charge is 2.16. The number of pyridine rings is 1. The first kappa shape index (κ1) is 27.5. The highest BCUT2D eigenvalue weighted by molar-refractivity contribution is 6.08. The summed E-state index contributed by atoms with van der Waals surface area (Å²) in [6.07, 6.45) is 3.56. The lowest BCUT2D eigenvalue weighted by atomic mass is 10.1. The van der Waals surface area contributed by atoms with E-state index in [0.29, 0.717) is 59.7 Å². The molecule has 0 unspecified atom stereocenters. The Morgan fingerprint density at radius 3 is 2.48 bits per heavy atom. The van der Waals surface area contributed by atoms with E-state index in [9.17, 15) is 9.59 Å². The summed E-state index contributed by atoms with van der Waals surface area (Å²) in [7, 11) is 0. The number of aromatic nitrogens is 1. The van der Waals surface area contributed by atoms with Crippen LogP contribution in [0.15, 0.2) is 66.7 Å². The van der Waals surface area contributed by atoms with E-state index in [4.69, 9.17) is 14.2 Å². The Balaban J connectivity index is 1.08. The number of hydrogen-bond donors (Lipinski definition) is 2. The number of anilines is 2. The lowest BCUT2D eigenvalue weighted by Crippen LogP contribution is -2.22. The lowest BCUT2D eigenvalue weighted by Gasteiger charge is -2.18. The van der Waals surface area contributed by atoms with Gasteiger partial charge in [-0.05, 0) is 99.4 Å². The summed E-state index contributed by atoms with van der Waals surface area (Å²) in [6.45, 7) is 6.90. The van der Waals surface area contributed by atoms with E-state index in [0.717, 1.165) is 29.4 Å². The molecule has 0 saturated carbocycles. The van der Waals surface area contributed by atoms with Gasteiger partial charge in [0.25, 0.3) is 11.8 Å². The van der Waals surface area contributed by atoms with Crippen LogP contribution in [0.4, 0.5) is 11.4 Å². The molecule has 0 spiro atoms. The molecule has 6 rings (SSSR count). The summed E-state index contributed by atoms with van der Waals surface area (Å²) in [6, 6.07) is 19.7. The van der Waals surface area contributed by atoms with Gasteiger partial charge in [0.1, 0.15) is 13.2 Å². The molecule has 1 fully saturated rings. The number of carbonyl (C=O) groups excluding carboxylic acids is 2. The first-order valence-electron chi connectivity index (χ1n) is 14.4. The van der Waals surface area contributed by atoms with Gasteiger partial charge in [0.05, 0.1) is 12.1 Å². The summed E-state index contributed by atoms with van der Waals surface area (Å²) in [5.41, 5.74) is 3.76. The molecule has 42 heavy (non-hydrogen) atoms. The van der Waals surface area contributed by atoms with Crippen LogP contribution in [0.2, 0.25) is 0 Å². The summed E-state index contributed by atoms with van der Waals surface area (Å²) >= 11 is 0. The van der Waals surface area contributed by atoms with Crippen molar-refractivity contribution in [2.24, 2.45) is 0 Å². The van der Waals surface area contributed by atoms with Gasteiger partial charge in [-0.25, -0.2) is 4.98 Å². The standard InChI is InChI=1S/C33H34N4O5/c1-22-5-9-26(34-32(38)25-7-11-29-30(20-25)41-18-17-40-29)21-28(22)36-33(39)24-6-10-27-23(19-24)8-12-31(35-27)42-16-4-15-37-13-2-3-14-37/h5-12,19-21H,2-4,13-18H2,1H3,(H,34,38)(H,36,39). The smallest absolute Gasteiger partial charge is 0.255 e. The minimum Gasteiger partial charge on any atom is -0.486 e. The highest BCUT2D eigenvalue weighted by Crippen LogP contribution is 2.31. The number of carbonyl (C=O) groups is 2. The Kier molecular flexibility index (Phi) is 8.18. The van der Waals surface area contributed by atoms with Crippen LogP contribution in [0.5, 0.6) is 17.4 Å². The van der Waals surface area contributed by atoms with E-state index in [1.807, 2.05) is 37.3 Å². The molecule has 3 heterocycles. The summed E-state index contributed by atoms with van der Waals surface area (Å²) in [4.78, 5) is 33.2. The van der Waals surface area contributed by atoms with E-state index in [-0.39, 0.29) is 11.8 Å². The fourth-order valence-electron chi connectivity index (χ4n) is 5.22. The topological polar surface area (TPSA) is 102 Å². The van der Waals surface area contributed by atoms with Crippen molar-refractivity contribution in [3.05, 3.63) is 83.4 Å². The second kappa shape index (κ2) is 12.5. The molecule has 2 amide bonds. The molecular weight excluding hydrogens is 532 g/mol. The number of nitrogens with one attached hydrogen (secondary N) is 2. The predicted molar refractivity (Wildman–Crippen MR) is 162 cm³/mol. The summed E-state index contributed by atoms with van der Waals surface area (Å²) in [5, 5.41) is 6.73. The van der Waals surface area contributed by atoms with Gasteiger partial charge in [-0.2, -0.15) is 0 Å². The maximum atomic E-state index is 13.2. The molecule has 0 aliphatic carbocycles. The minimum absolute atomic E-state index is 0.252. The molecule has 4 aromatic rings. The zero-order valence-electron chi connectivity index (χ0n) is 23.7. The largest absolute Gasteiger partial charge is 0.486 e. The Morgan fingerprint density at radius 1 is 0.857 bits per heavy atom. The van der Waals surface area contributed by atoms with Gasteiger partial charge in [0.2, 0.25) is 5.88 Å². The minimum atomic E-state index is -0.287. The number of nitrogens with zero attached hydrogens (tertiary/aromatic N) is 2. The molecule has 3 aromatic carbocycles. The van der Waals surface area contributed by atoms with Crippen molar-refractivity contribution in [2.75, 3.05) is 50.1 Å². The third kappa shape index (κ3) is 6.47. The molecule has 1 aromatic heterocycles. The van der Waals surface area contributed by atoms with Crippen LogP contribution >= 0.6 is 0 Å². The molecule has 0 radical (unpaired) electrons. The van der Waals surface area contributed by atoms with Crippen molar-refractivity contribution in [1.82, 2.24) is 9.88 Å². The van der Waals surface area contributed by atoms with Crippen LogP contribution in [-0.4, -0.2) is 61.2 Å². The SMILES string of the molecule is Cc1ccc(NC(=O)c2ccc3c(c2)OCCO3)cc1NC(=O)c1ccc2nc(OCCCN3CCCC3)ccc2c1. The average molecular weight is 567 g/mol. The van der Waals surface area contributed by atoms with E-state index in [2.05, 4.69) is 20.5 Å². The molecule has 0 bridgehead atoms. The predicted octanol–water partition coefficient (Wildman–Crippen LogP) is 5.68. The van der Waals surface area contributed by atoms with E-state index < -0.39 is 0 Å². The summed E-state index contributed by atoms with van der Waals surface area (Å²) in [5.74, 6) is 1.22.